The van der Waals surface area contributed by atoms with Crippen LogP contribution in [-0.4, -0.2) is 43.7 Å². The van der Waals surface area contributed by atoms with Crippen molar-refractivity contribution in [2.45, 2.75) is 39.5 Å². The van der Waals surface area contributed by atoms with Gasteiger partial charge in [-0.2, -0.15) is 5.26 Å². The predicted molar refractivity (Wildman–Crippen MR) is 105 cm³/mol. The van der Waals surface area contributed by atoms with Crippen LogP contribution >= 0.6 is 0 Å². The summed E-state index contributed by atoms with van der Waals surface area (Å²) >= 11 is 0. The van der Waals surface area contributed by atoms with Gasteiger partial charge in [0.2, 0.25) is 0 Å². The van der Waals surface area contributed by atoms with Gasteiger partial charge in [0.15, 0.2) is 11.5 Å². The van der Waals surface area contributed by atoms with Crippen molar-refractivity contribution in [3.05, 3.63) is 35.5 Å². The highest BCUT2D eigenvalue weighted by Gasteiger charge is 2.19. The zero-order chi connectivity index (χ0) is 19.5. The molecule has 0 saturated carbocycles. The summed E-state index contributed by atoms with van der Waals surface area (Å²) in [5.74, 6) is 1.31. The number of piperidine rings is 1. The van der Waals surface area contributed by atoms with Gasteiger partial charge in [0, 0.05) is 25.8 Å². The van der Waals surface area contributed by atoms with Gasteiger partial charge in [-0.3, -0.25) is 4.79 Å². The maximum atomic E-state index is 12.4. The van der Waals surface area contributed by atoms with E-state index in [0.717, 1.165) is 55.8 Å². The summed E-state index contributed by atoms with van der Waals surface area (Å²) in [6.45, 7) is 7.16. The third-order valence-electron chi connectivity index (χ3n) is 4.41. The van der Waals surface area contributed by atoms with Gasteiger partial charge in [-0.15, -0.1) is 0 Å². The summed E-state index contributed by atoms with van der Waals surface area (Å²) in [6.07, 6.45) is 5.46. The predicted octanol–water partition coefficient (Wildman–Crippen LogP) is 3.04. The normalized spacial score (nSPS) is 14.4. The number of nitrogens with one attached hydrogen (secondary N) is 1. The van der Waals surface area contributed by atoms with Gasteiger partial charge in [-0.25, -0.2) is 0 Å². The molecule has 1 aromatic rings. The molecule has 0 aliphatic carbocycles. The van der Waals surface area contributed by atoms with Crippen molar-refractivity contribution in [3.63, 3.8) is 0 Å². The number of carbonyl (C=O) groups is 1. The number of likely N-dealkylation sites (tertiary alicyclic amines) is 1. The average molecular weight is 371 g/mol. The largest absolute Gasteiger partial charge is 0.490 e. The molecular formula is C21H29N3O3. The summed E-state index contributed by atoms with van der Waals surface area (Å²) in [6, 6.07) is 7.91. The summed E-state index contributed by atoms with van der Waals surface area (Å²) in [5.41, 5.74) is 1.27. The molecular weight excluding hydrogens is 342 g/mol. The molecule has 1 aliphatic heterocycles. The molecule has 0 radical (unpaired) electrons. The number of amides is 1. The van der Waals surface area contributed by atoms with E-state index in [0.29, 0.717) is 19.8 Å². The quantitative estimate of drug-likeness (QED) is 0.410. The molecule has 1 heterocycles. The van der Waals surface area contributed by atoms with Crippen LogP contribution in [0.25, 0.3) is 0 Å². The summed E-state index contributed by atoms with van der Waals surface area (Å²) in [5, 5.41) is 12.4. The number of carbonyl (C=O) groups excluding carboxylic acids is 1. The molecule has 1 fully saturated rings. The smallest absolute Gasteiger partial charge is 0.265 e. The van der Waals surface area contributed by atoms with E-state index in [-0.39, 0.29) is 11.5 Å². The number of ether oxygens (including phenoxy) is 2. The fraction of sp³-hybridized carbons (Fsp3) is 0.524. The fourth-order valence-corrected chi connectivity index (χ4v) is 3.05. The maximum absolute atomic E-state index is 12.4. The Kier molecular flexibility index (Phi) is 8.50. The van der Waals surface area contributed by atoms with Crippen LogP contribution in [0.5, 0.6) is 11.5 Å². The van der Waals surface area contributed by atoms with Gasteiger partial charge >= 0.3 is 0 Å². The van der Waals surface area contributed by atoms with E-state index < -0.39 is 0 Å². The summed E-state index contributed by atoms with van der Waals surface area (Å²) in [7, 11) is 0. The first-order valence-electron chi connectivity index (χ1n) is 9.71. The second-order valence-electron chi connectivity index (χ2n) is 6.37. The van der Waals surface area contributed by atoms with E-state index in [1.54, 1.807) is 4.90 Å². The van der Waals surface area contributed by atoms with Crippen LogP contribution < -0.4 is 14.8 Å². The van der Waals surface area contributed by atoms with Crippen LogP contribution in [0.3, 0.4) is 0 Å². The maximum Gasteiger partial charge on any atom is 0.265 e. The minimum atomic E-state index is -0.176. The molecule has 2 rings (SSSR count). The summed E-state index contributed by atoms with van der Waals surface area (Å²) < 4.78 is 11.2. The van der Waals surface area contributed by atoms with Crippen LogP contribution in [0.4, 0.5) is 0 Å². The van der Waals surface area contributed by atoms with E-state index >= 15 is 0 Å². The molecule has 6 nitrogen and oxygen atoms in total. The van der Waals surface area contributed by atoms with Gasteiger partial charge in [0.05, 0.1) is 13.2 Å². The van der Waals surface area contributed by atoms with Gasteiger partial charge in [0.25, 0.3) is 5.91 Å². The number of nitriles is 1. The monoisotopic (exact) mass is 371 g/mol. The van der Waals surface area contributed by atoms with E-state index in [1.807, 2.05) is 38.1 Å². The Bertz CT molecular complexity index is 688. The second kappa shape index (κ2) is 11.1. The van der Waals surface area contributed by atoms with Crippen LogP contribution in [0.2, 0.25) is 0 Å². The van der Waals surface area contributed by atoms with Crippen molar-refractivity contribution in [3.8, 4) is 17.6 Å². The molecule has 1 aliphatic rings. The van der Waals surface area contributed by atoms with Crippen molar-refractivity contribution >= 4 is 5.91 Å². The van der Waals surface area contributed by atoms with Crippen molar-refractivity contribution in [1.82, 2.24) is 10.2 Å². The van der Waals surface area contributed by atoms with Crippen molar-refractivity contribution < 1.29 is 14.3 Å². The lowest BCUT2D eigenvalue weighted by Crippen LogP contribution is -2.36. The number of hydrogen-bond donors (Lipinski definition) is 1. The second-order valence-corrected chi connectivity index (χ2v) is 6.37. The Morgan fingerprint density at radius 2 is 1.89 bits per heavy atom. The standard InChI is InChI=1S/C21H29N3O3/c1-3-26-19-9-8-17(14-20(19)27-4-2)10-11-23-16-18(15-22)21(25)24-12-6-5-7-13-24/h8-9,14,16,23H,3-7,10-13H2,1-2H3/b18-16-. The van der Waals surface area contributed by atoms with Crippen molar-refractivity contribution in [1.29, 1.82) is 5.26 Å². The molecule has 0 unspecified atom stereocenters. The number of rotatable bonds is 9. The van der Waals surface area contributed by atoms with Gasteiger partial charge < -0.3 is 19.7 Å². The zero-order valence-electron chi connectivity index (χ0n) is 16.3. The molecule has 1 amide bonds. The highest BCUT2D eigenvalue weighted by Crippen LogP contribution is 2.28. The van der Waals surface area contributed by atoms with Crippen molar-refractivity contribution in [2.75, 3.05) is 32.8 Å². The van der Waals surface area contributed by atoms with Gasteiger partial charge in [-0.05, 0) is 57.2 Å². The number of benzene rings is 1. The van der Waals surface area contributed by atoms with E-state index in [4.69, 9.17) is 9.47 Å². The lowest BCUT2D eigenvalue weighted by molar-refractivity contribution is -0.127. The van der Waals surface area contributed by atoms with Crippen LogP contribution in [0.15, 0.2) is 30.0 Å². The Balaban J connectivity index is 1.90. The molecule has 0 aromatic heterocycles. The number of hydrogen-bond acceptors (Lipinski definition) is 5. The first-order chi connectivity index (χ1) is 13.2. The lowest BCUT2D eigenvalue weighted by atomic mass is 10.1. The fourth-order valence-electron chi connectivity index (χ4n) is 3.05. The van der Waals surface area contributed by atoms with Crippen LogP contribution in [0.1, 0.15) is 38.7 Å². The Hall–Kier alpha value is -2.68. The van der Waals surface area contributed by atoms with Crippen LogP contribution in [0, 0.1) is 11.3 Å². The minimum absolute atomic E-state index is 0.165. The lowest BCUT2D eigenvalue weighted by Gasteiger charge is -2.26. The summed E-state index contributed by atoms with van der Waals surface area (Å²) in [4.78, 5) is 14.1. The Morgan fingerprint density at radius 1 is 1.19 bits per heavy atom. The first kappa shape index (κ1) is 20.6. The van der Waals surface area contributed by atoms with Crippen LogP contribution in [-0.2, 0) is 11.2 Å². The van der Waals surface area contributed by atoms with Gasteiger partial charge in [-0.1, -0.05) is 6.07 Å². The van der Waals surface area contributed by atoms with E-state index in [2.05, 4.69) is 5.32 Å². The molecule has 0 spiro atoms. The average Bonchev–Trinajstić information content (AvgIpc) is 2.70. The first-order valence-corrected chi connectivity index (χ1v) is 9.71. The Morgan fingerprint density at radius 3 is 2.56 bits per heavy atom. The SMILES string of the molecule is CCOc1ccc(CCN/C=C(/C#N)C(=O)N2CCCCC2)cc1OCC. The van der Waals surface area contributed by atoms with Crippen molar-refractivity contribution in [2.24, 2.45) is 0 Å². The number of nitrogens with zero attached hydrogens (tertiary/aromatic N) is 2. The molecule has 1 N–H and O–H groups in total. The topological polar surface area (TPSA) is 74.6 Å². The minimum Gasteiger partial charge on any atom is -0.490 e. The molecule has 0 atom stereocenters. The Labute approximate surface area is 161 Å². The molecule has 1 saturated heterocycles. The highest BCUT2D eigenvalue weighted by atomic mass is 16.5. The van der Waals surface area contributed by atoms with Gasteiger partial charge in [0.1, 0.15) is 11.6 Å². The third kappa shape index (κ3) is 6.21. The molecule has 27 heavy (non-hydrogen) atoms. The van der Waals surface area contributed by atoms with E-state index in [9.17, 15) is 10.1 Å². The van der Waals surface area contributed by atoms with E-state index in [1.165, 1.54) is 6.20 Å². The molecule has 1 aromatic carbocycles. The third-order valence-corrected chi connectivity index (χ3v) is 4.41. The molecule has 146 valence electrons. The molecule has 0 bridgehead atoms. The highest BCUT2D eigenvalue weighted by molar-refractivity contribution is 5.97. The molecule has 6 heteroatoms. The zero-order valence-corrected chi connectivity index (χ0v) is 16.3.